The van der Waals surface area contributed by atoms with Crippen LogP contribution < -0.4 is 0 Å². The van der Waals surface area contributed by atoms with Crippen LogP contribution in [0.25, 0.3) is 0 Å². The van der Waals surface area contributed by atoms with Gasteiger partial charge in [0.2, 0.25) is 0 Å². The van der Waals surface area contributed by atoms with Gasteiger partial charge in [-0.15, -0.1) is 0 Å². The number of carbonyl (C=O) groups excluding carboxylic acids is 2. The summed E-state index contributed by atoms with van der Waals surface area (Å²) in [5.41, 5.74) is 0. The first-order valence-electron chi connectivity index (χ1n) is 5.46. The molecule has 0 aliphatic rings. The van der Waals surface area contributed by atoms with E-state index in [1.54, 1.807) is 4.90 Å². The van der Waals surface area contributed by atoms with E-state index >= 15 is 0 Å². The van der Waals surface area contributed by atoms with E-state index in [0.717, 1.165) is 12.8 Å². The molecule has 94 valence electrons. The molecule has 0 saturated heterocycles. The molecule has 16 heavy (non-hydrogen) atoms. The standard InChI is InChI=1S/C11H21NO4/c1-5-9(6-2)12(7-10(13)15-3)8-11(14)16-4/h9H,5-8H2,1-4H3. The summed E-state index contributed by atoms with van der Waals surface area (Å²) in [5.74, 6) is -0.674. The highest BCUT2D eigenvalue weighted by Gasteiger charge is 2.21. The summed E-state index contributed by atoms with van der Waals surface area (Å²) in [5, 5.41) is 0. The first kappa shape index (κ1) is 14.9. The number of nitrogens with zero attached hydrogens (tertiary/aromatic N) is 1. The summed E-state index contributed by atoms with van der Waals surface area (Å²) in [6.45, 7) is 4.29. The highest BCUT2D eigenvalue weighted by Crippen LogP contribution is 2.08. The molecule has 0 fully saturated rings. The van der Waals surface area contributed by atoms with Crippen molar-refractivity contribution in [2.24, 2.45) is 0 Å². The molecule has 0 heterocycles. The minimum absolute atomic E-state index is 0.123. The van der Waals surface area contributed by atoms with Crippen molar-refractivity contribution in [3.05, 3.63) is 0 Å². The minimum atomic E-state index is -0.337. The lowest BCUT2D eigenvalue weighted by molar-refractivity contribution is -0.146. The highest BCUT2D eigenvalue weighted by atomic mass is 16.5. The van der Waals surface area contributed by atoms with Crippen LogP contribution in [-0.2, 0) is 19.1 Å². The molecular weight excluding hydrogens is 210 g/mol. The molecule has 0 amide bonds. The van der Waals surface area contributed by atoms with Crippen molar-refractivity contribution in [2.75, 3.05) is 27.3 Å². The van der Waals surface area contributed by atoms with Crippen LogP contribution in [-0.4, -0.2) is 50.2 Å². The van der Waals surface area contributed by atoms with Crippen molar-refractivity contribution in [1.82, 2.24) is 4.90 Å². The molecule has 0 aromatic rings. The van der Waals surface area contributed by atoms with Crippen LogP contribution in [0.4, 0.5) is 0 Å². The lowest BCUT2D eigenvalue weighted by atomic mass is 10.1. The lowest BCUT2D eigenvalue weighted by Gasteiger charge is -2.27. The van der Waals surface area contributed by atoms with E-state index in [1.165, 1.54) is 14.2 Å². The Hall–Kier alpha value is -1.10. The van der Waals surface area contributed by atoms with Crippen molar-refractivity contribution < 1.29 is 19.1 Å². The van der Waals surface area contributed by atoms with E-state index in [1.807, 2.05) is 13.8 Å². The van der Waals surface area contributed by atoms with Crippen LogP contribution in [0.5, 0.6) is 0 Å². The van der Waals surface area contributed by atoms with Gasteiger partial charge in [-0.1, -0.05) is 13.8 Å². The predicted octanol–water partition coefficient (Wildman–Crippen LogP) is 0.823. The van der Waals surface area contributed by atoms with Gasteiger partial charge in [-0.05, 0) is 12.8 Å². The summed E-state index contributed by atoms with van der Waals surface area (Å²) >= 11 is 0. The maximum atomic E-state index is 11.2. The number of carbonyl (C=O) groups is 2. The zero-order chi connectivity index (χ0) is 12.6. The Labute approximate surface area is 96.7 Å². The van der Waals surface area contributed by atoms with Crippen LogP contribution in [0.1, 0.15) is 26.7 Å². The van der Waals surface area contributed by atoms with E-state index in [9.17, 15) is 9.59 Å². The quantitative estimate of drug-likeness (QED) is 0.607. The molecule has 0 unspecified atom stereocenters. The van der Waals surface area contributed by atoms with Crippen molar-refractivity contribution in [3.63, 3.8) is 0 Å². The molecule has 0 spiro atoms. The first-order valence-corrected chi connectivity index (χ1v) is 5.46. The number of hydrogen-bond donors (Lipinski definition) is 0. The fourth-order valence-electron chi connectivity index (χ4n) is 1.58. The Morgan fingerprint density at radius 3 is 1.62 bits per heavy atom. The fourth-order valence-corrected chi connectivity index (χ4v) is 1.58. The van der Waals surface area contributed by atoms with Gasteiger partial charge in [-0.2, -0.15) is 0 Å². The smallest absolute Gasteiger partial charge is 0.319 e. The minimum Gasteiger partial charge on any atom is -0.468 e. The van der Waals surface area contributed by atoms with E-state index in [2.05, 4.69) is 9.47 Å². The number of hydrogen-bond acceptors (Lipinski definition) is 5. The van der Waals surface area contributed by atoms with Gasteiger partial charge in [-0.3, -0.25) is 14.5 Å². The average Bonchev–Trinajstić information content (AvgIpc) is 2.29. The molecule has 0 radical (unpaired) electrons. The molecule has 5 heteroatoms. The van der Waals surface area contributed by atoms with Crippen LogP contribution in [0.3, 0.4) is 0 Å². The third kappa shape index (κ3) is 5.11. The van der Waals surface area contributed by atoms with Crippen LogP contribution in [0, 0.1) is 0 Å². The topological polar surface area (TPSA) is 55.8 Å². The van der Waals surface area contributed by atoms with E-state index in [0.29, 0.717) is 0 Å². The number of esters is 2. The lowest BCUT2D eigenvalue weighted by Crippen LogP contribution is -2.42. The van der Waals surface area contributed by atoms with Gasteiger partial charge in [0, 0.05) is 6.04 Å². The third-order valence-corrected chi connectivity index (χ3v) is 2.58. The molecule has 0 aliphatic heterocycles. The molecule has 0 bridgehead atoms. The second-order valence-corrected chi connectivity index (χ2v) is 3.53. The Bertz CT molecular complexity index is 208. The van der Waals surface area contributed by atoms with Gasteiger partial charge in [0.15, 0.2) is 0 Å². The third-order valence-electron chi connectivity index (χ3n) is 2.58. The van der Waals surface area contributed by atoms with Crippen molar-refractivity contribution in [2.45, 2.75) is 32.7 Å². The largest absolute Gasteiger partial charge is 0.468 e. The maximum absolute atomic E-state index is 11.2. The molecular formula is C11H21NO4. The Morgan fingerprint density at radius 1 is 1.00 bits per heavy atom. The summed E-state index contributed by atoms with van der Waals surface area (Å²) < 4.78 is 9.20. The molecule has 0 rings (SSSR count). The Kier molecular flexibility index (Phi) is 7.54. The zero-order valence-corrected chi connectivity index (χ0v) is 10.5. The maximum Gasteiger partial charge on any atom is 0.319 e. The van der Waals surface area contributed by atoms with Gasteiger partial charge in [-0.25, -0.2) is 0 Å². The van der Waals surface area contributed by atoms with Crippen molar-refractivity contribution in [1.29, 1.82) is 0 Å². The summed E-state index contributed by atoms with van der Waals surface area (Å²) in [4.78, 5) is 24.2. The van der Waals surface area contributed by atoms with Crippen molar-refractivity contribution >= 4 is 11.9 Å². The van der Waals surface area contributed by atoms with Crippen LogP contribution in [0.2, 0.25) is 0 Å². The Morgan fingerprint density at radius 2 is 1.38 bits per heavy atom. The number of methoxy groups -OCH3 is 2. The second kappa shape index (κ2) is 8.10. The van der Waals surface area contributed by atoms with Crippen LogP contribution in [0.15, 0.2) is 0 Å². The molecule has 5 nitrogen and oxygen atoms in total. The summed E-state index contributed by atoms with van der Waals surface area (Å²) in [6, 6.07) is 0.193. The molecule has 0 atom stereocenters. The molecule has 0 N–H and O–H groups in total. The first-order chi connectivity index (χ1) is 7.58. The van der Waals surface area contributed by atoms with E-state index in [4.69, 9.17) is 0 Å². The zero-order valence-electron chi connectivity index (χ0n) is 10.5. The van der Waals surface area contributed by atoms with Gasteiger partial charge in [0.05, 0.1) is 27.3 Å². The number of rotatable bonds is 7. The Balaban J connectivity index is 4.47. The molecule has 0 aromatic carbocycles. The SMILES string of the molecule is CCC(CC)N(CC(=O)OC)CC(=O)OC. The molecule has 0 saturated carbocycles. The normalized spacial score (nSPS) is 10.6. The highest BCUT2D eigenvalue weighted by molar-refractivity contribution is 5.74. The van der Waals surface area contributed by atoms with Crippen LogP contribution >= 0.6 is 0 Å². The van der Waals surface area contributed by atoms with Gasteiger partial charge < -0.3 is 9.47 Å². The average molecular weight is 231 g/mol. The van der Waals surface area contributed by atoms with E-state index < -0.39 is 0 Å². The number of ether oxygens (including phenoxy) is 2. The molecule has 0 aliphatic carbocycles. The van der Waals surface area contributed by atoms with Gasteiger partial charge in [0.1, 0.15) is 0 Å². The summed E-state index contributed by atoms with van der Waals surface area (Å²) in [6.07, 6.45) is 1.76. The fraction of sp³-hybridized carbons (Fsp3) is 0.818. The van der Waals surface area contributed by atoms with Crippen molar-refractivity contribution in [3.8, 4) is 0 Å². The molecule has 0 aromatic heterocycles. The monoisotopic (exact) mass is 231 g/mol. The predicted molar refractivity (Wildman–Crippen MR) is 60.0 cm³/mol. The van der Waals surface area contributed by atoms with Gasteiger partial charge >= 0.3 is 11.9 Å². The van der Waals surface area contributed by atoms with E-state index in [-0.39, 0.29) is 31.1 Å². The van der Waals surface area contributed by atoms with Gasteiger partial charge in [0.25, 0.3) is 0 Å². The summed E-state index contributed by atoms with van der Waals surface area (Å²) in [7, 11) is 2.68. The second-order valence-electron chi connectivity index (χ2n) is 3.53.